The summed E-state index contributed by atoms with van der Waals surface area (Å²) < 4.78 is 34.5. The average Bonchev–Trinajstić information content (AvgIpc) is 3.26. The molecule has 1 heterocycles. The van der Waals surface area contributed by atoms with Crippen LogP contribution < -0.4 is 9.46 Å². The van der Waals surface area contributed by atoms with Crippen molar-refractivity contribution in [2.24, 2.45) is 5.92 Å². The topological polar surface area (TPSA) is 81.2 Å². The second kappa shape index (κ2) is 9.00. The summed E-state index contributed by atoms with van der Waals surface area (Å²) >= 11 is 0. The van der Waals surface area contributed by atoms with Crippen molar-refractivity contribution in [2.45, 2.75) is 50.3 Å². The number of sulfonamides is 1. The van der Waals surface area contributed by atoms with Gasteiger partial charge >= 0.3 is 0 Å². The van der Waals surface area contributed by atoms with Gasteiger partial charge in [-0.25, -0.2) is 18.4 Å². The Morgan fingerprint density at radius 2 is 1.67 bits per heavy atom. The zero-order chi connectivity index (χ0) is 21.0. The van der Waals surface area contributed by atoms with Crippen LogP contribution in [-0.4, -0.2) is 25.0 Å². The van der Waals surface area contributed by atoms with E-state index in [0.29, 0.717) is 23.6 Å². The molecule has 0 unspecified atom stereocenters. The molecule has 158 valence electrons. The lowest BCUT2D eigenvalue weighted by atomic mass is 10.1. The smallest absolute Gasteiger partial charge is 0.263 e. The molecule has 0 radical (unpaired) electrons. The van der Waals surface area contributed by atoms with Crippen LogP contribution in [0.4, 0.5) is 5.82 Å². The maximum atomic E-state index is 13.0. The van der Waals surface area contributed by atoms with E-state index in [1.807, 2.05) is 30.3 Å². The fourth-order valence-corrected chi connectivity index (χ4v) is 4.83. The molecular weight excluding hydrogens is 398 g/mol. The van der Waals surface area contributed by atoms with Crippen LogP contribution >= 0.6 is 0 Å². The molecular formula is C23H27N3O3S. The molecule has 0 saturated heterocycles. The van der Waals surface area contributed by atoms with Gasteiger partial charge < -0.3 is 4.74 Å². The highest BCUT2D eigenvalue weighted by atomic mass is 32.2. The zero-order valence-corrected chi connectivity index (χ0v) is 18.0. The Bertz CT molecular complexity index is 1110. The van der Waals surface area contributed by atoms with Crippen LogP contribution in [0.3, 0.4) is 0 Å². The van der Waals surface area contributed by atoms with Crippen molar-refractivity contribution in [3.05, 3.63) is 54.1 Å². The number of hydrogen-bond acceptors (Lipinski definition) is 5. The van der Waals surface area contributed by atoms with Crippen molar-refractivity contribution in [2.75, 3.05) is 11.3 Å². The van der Waals surface area contributed by atoms with E-state index >= 15 is 0 Å². The van der Waals surface area contributed by atoms with E-state index < -0.39 is 10.0 Å². The molecule has 1 aromatic heterocycles. The van der Waals surface area contributed by atoms with Crippen molar-refractivity contribution in [3.8, 4) is 5.88 Å². The van der Waals surface area contributed by atoms with E-state index in [1.54, 1.807) is 18.2 Å². The number of nitrogens with one attached hydrogen (secondary N) is 1. The van der Waals surface area contributed by atoms with E-state index in [1.165, 1.54) is 12.8 Å². The second-order valence-corrected chi connectivity index (χ2v) is 9.51. The Hall–Kier alpha value is -2.67. The van der Waals surface area contributed by atoms with Gasteiger partial charge in [0, 0.05) is 0 Å². The van der Waals surface area contributed by atoms with Crippen molar-refractivity contribution >= 4 is 26.9 Å². The van der Waals surface area contributed by atoms with Gasteiger partial charge in [-0.1, -0.05) is 50.5 Å². The lowest BCUT2D eigenvalue weighted by Gasteiger charge is -2.15. The maximum Gasteiger partial charge on any atom is 0.263 e. The molecule has 4 rings (SSSR count). The standard InChI is InChI=1S/C23H27N3O3S/c1-2-7-17-12-14-19(15-13-17)30(27,28)26-22-23(29-16-18-8-3-4-9-18)25-21-11-6-5-10-20(21)24-22/h5-6,10-15,18H,2-4,7-9,16H2,1H3,(H,24,26). The lowest BCUT2D eigenvalue weighted by Crippen LogP contribution is -2.17. The molecule has 1 aliphatic rings. The number of benzene rings is 2. The van der Waals surface area contributed by atoms with Gasteiger partial charge in [0.2, 0.25) is 5.82 Å². The molecule has 0 atom stereocenters. The molecule has 1 saturated carbocycles. The first-order valence-corrected chi connectivity index (χ1v) is 12.0. The average molecular weight is 426 g/mol. The first kappa shape index (κ1) is 20.6. The summed E-state index contributed by atoms with van der Waals surface area (Å²) in [7, 11) is -3.81. The minimum atomic E-state index is -3.81. The molecule has 0 spiro atoms. The number of para-hydroxylation sites is 2. The molecule has 30 heavy (non-hydrogen) atoms. The Morgan fingerprint density at radius 3 is 2.33 bits per heavy atom. The van der Waals surface area contributed by atoms with Gasteiger partial charge in [0.15, 0.2) is 0 Å². The summed E-state index contributed by atoms with van der Waals surface area (Å²) in [5.41, 5.74) is 2.40. The number of aryl methyl sites for hydroxylation is 1. The molecule has 1 aliphatic carbocycles. The molecule has 0 bridgehead atoms. The first-order valence-electron chi connectivity index (χ1n) is 10.6. The molecule has 6 nitrogen and oxygen atoms in total. The van der Waals surface area contributed by atoms with Gasteiger partial charge in [-0.3, -0.25) is 4.72 Å². The van der Waals surface area contributed by atoms with Crippen LogP contribution in [0.25, 0.3) is 11.0 Å². The van der Waals surface area contributed by atoms with Gasteiger partial charge in [-0.05, 0) is 55.0 Å². The largest absolute Gasteiger partial charge is 0.475 e. The monoisotopic (exact) mass is 425 g/mol. The van der Waals surface area contributed by atoms with Crippen LogP contribution in [0.15, 0.2) is 53.4 Å². The SMILES string of the molecule is CCCc1ccc(S(=O)(=O)Nc2nc3ccccc3nc2OCC2CCCC2)cc1. The van der Waals surface area contributed by atoms with E-state index in [-0.39, 0.29) is 16.6 Å². The Kier molecular flexibility index (Phi) is 6.18. The molecule has 2 aromatic carbocycles. The second-order valence-electron chi connectivity index (χ2n) is 7.83. The minimum absolute atomic E-state index is 0.129. The van der Waals surface area contributed by atoms with Crippen molar-refractivity contribution < 1.29 is 13.2 Å². The lowest BCUT2D eigenvalue weighted by molar-refractivity contribution is 0.245. The van der Waals surface area contributed by atoms with Crippen molar-refractivity contribution in [1.29, 1.82) is 0 Å². The van der Waals surface area contributed by atoms with E-state index in [2.05, 4.69) is 21.6 Å². The summed E-state index contributed by atoms with van der Waals surface area (Å²) in [6, 6.07) is 14.3. The summed E-state index contributed by atoms with van der Waals surface area (Å²) in [5, 5.41) is 0. The van der Waals surface area contributed by atoms with Gasteiger partial charge in [-0.15, -0.1) is 0 Å². The van der Waals surface area contributed by atoms with E-state index in [4.69, 9.17) is 4.74 Å². The predicted molar refractivity (Wildman–Crippen MR) is 118 cm³/mol. The third-order valence-electron chi connectivity index (χ3n) is 5.47. The van der Waals surface area contributed by atoms with Gasteiger partial charge in [0.05, 0.1) is 22.5 Å². The fraction of sp³-hybridized carbons (Fsp3) is 0.391. The Balaban J connectivity index is 1.62. The minimum Gasteiger partial charge on any atom is -0.475 e. The summed E-state index contributed by atoms with van der Waals surface area (Å²) in [4.78, 5) is 9.23. The highest BCUT2D eigenvalue weighted by molar-refractivity contribution is 7.92. The highest BCUT2D eigenvalue weighted by Crippen LogP contribution is 2.29. The van der Waals surface area contributed by atoms with Crippen LogP contribution in [0, 0.1) is 5.92 Å². The van der Waals surface area contributed by atoms with Crippen LogP contribution in [0.2, 0.25) is 0 Å². The molecule has 1 fully saturated rings. The summed E-state index contributed by atoms with van der Waals surface area (Å²) in [5.74, 6) is 0.838. The summed E-state index contributed by atoms with van der Waals surface area (Å²) in [6.45, 7) is 2.62. The number of hydrogen-bond donors (Lipinski definition) is 1. The van der Waals surface area contributed by atoms with Gasteiger partial charge in [0.1, 0.15) is 0 Å². The zero-order valence-electron chi connectivity index (χ0n) is 17.2. The first-order chi connectivity index (χ1) is 14.5. The molecule has 0 amide bonds. The van der Waals surface area contributed by atoms with Crippen LogP contribution in [0.1, 0.15) is 44.6 Å². The van der Waals surface area contributed by atoms with Crippen LogP contribution in [0.5, 0.6) is 5.88 Å². The Morgan fingerprint density at radius 1 is 1.00 bits per heavy atom. The number of ether oxygens (including phenoxy) is 1. The Labute approximate surface area is 177 Å². The van der Waals surface area contributed by atoms with Crippen molar-refractivity contribution in [3.63, 3.8) is 0 Å². The van der Waals surface area contributed by atoms with Gasteiger partial charge in [0.25, 0.3) is 15.9 Å². The third-order valence-corrected chi connectivity index (χ3v) is 6.83. The van der Waals surface area contributed by atoms with E-state index in [9.17, 15) is 8.42 Å². The third kappa shape index (κ3) is 4.73. The quantitative estimate of drug-likeness (QED) is 0.552. The van der Waals surface area contributed by atoms with E-state index in [0.717, 1.165) is 31.2 Å². The number of nitrogens with zero attached hydrogens (tertiary/aromatic N) is 2. The van der Waals surface area contributed by atoms with Gasteiger partial charge in [-0.2, -0.15) is 0 Å². The molecule has 3 aromatic rings. The normalized spacial score (nSPS) is 14.8. The molecule has 7 heteroatoms. The highest BCUT2D eigenvalue weighted by Gasteiger charge is 2.22. The number of rotatable bonds is 8. The molecule has 1 N–H and O–H groups in total. The maximum absolute atomic E-state index is 13.0. The number of anilines is 1. The number of aromatic nitrogens is 2. The van der Waals surface area contributed by atoms with Crippen molar-refractivity contribution in [1.82, 2.24) is 9.97 Å². The number of fused-ring (bicyclic) bond motifs is 1. The fourth-order valence-electron chi connectivity index (χ4n) is 3.83. The summed E-state index contributed by atoms with van der Waals surface area (Å²) in [6.07, 6.45) is 6.62. The molecule has 0 aliphatic heterocycles. The predicted octanol–water partition coefficient (Wildman–Crippen LogP) is 4.95. The van der Waals surface area contributed by atoms with Crippen LogP contribution in [-0.2, 0) is 16.4 Å².